The Morgan fingerprint density at radius 2 is 1.89 bits per heavy atom. The number of likely N-dealkylation sites (tertiary alicyclic amines) is 1. The third-order valence-electron chi connectivity index (χ3n) is 5.24. The van der Waals surface area contributed by atoms with E-state index in [1.54, 1.807) is 12.1 Å². The van der Waals surface area contributed by atoms with Crippen LogP contribution >= 0.6 is 0 Å². The second-order valence-corrected chi connectivity index (χ2v) is 7.21. The van der Waals surface area contributed by atoms with Gasteiger partial charge in [-0.3, -0.25) is 9.69 Å². The quantitative estimate of drug-likeness (QED) is 0.721. The molecular formula is C23H23FN2O. The molecule has 0 saturated carbocycles. The first-order valence-electron chi connectivity index (χ1n) is 9.44. The van der Waals surface area contributed by atoms with Crippen molar-refractivity contribution < 1.29 is 9.18 Å². The van der Waals surface area contributed by atoms with Crippen LogP contribution < -0.4 is 5.32 Å². The number of hydrogen-bond donors (Lipinski definition) is 1. The molecule has 3 aromatic carbocycles. The zero-order chi connectivity index (χ0) is 18.6. The number of benzene rings is 3. The van der Waals surface area contributed by atoms with Gasteiger partial charge in [-0.2, -0.15) is 0 Å². The molecule has 1 saturated heterocycles. The maximum Gasteiger partial charge on any atom is 0.228 e. The van der Waals surface area contributed by atoms with Crippen molar-refractivity contribution in [1.82, 2.24) is 4.90 Å². The molecule has 1 N–H and O–H groups in total. The van der Waals surface area contributed by atoms with E-state index in [4.69, 9.17) is 0 Å². The van der Waals surface area contributed by atoms with Crippen LogP contribution in [0.2, 0.25) is 0 Å². The third kappa shape index (κ3) is 4.17. The number of fused-ring (bicyclic) bond motifs is 1. The molecule has 0 spiro atoms. The zero-order valence-electron chi connectivity index (χ0n) is 15.2. The maximum absolute atomic E-state index is 13.3. The molecule has 0 radical (unpaired) electrons. The van der Waals surface area contributed by atoms with Crippen LogP contribution in [-0.4, -0.2) is 23.9 Å². The van der Waals surface area contributed by atoms with Crippen LogP contribution in [0.3, 0.4) is 0 Å². The van der Waals surface area contributed by atoms with Gasteiger partial charge in [0.15, 0.2) is 0 Å². The number of anilines is 1. The van der Waals surface area contributed by atoms with Crippen molar-refractivity contribution in [3.8, 4) is 0 Å². The first-order chi connectivity index (χ1) is 13.2. The lowest BCUT2D eigenvalue weighted by atomic mass is 9.96. The molecule has 138 valence electrons. The summed E-state index contributed by atoms with van der Waals surface area (Å²) in [6.07, 6.45) is 1.86. The molecule has 3 nitrogen and oxygen atoms in total. The van der Waals surface area contributed by atoms with Gasteiger partial charge < -0.3 is 5.32 Å². The Kier molecular flexibility index (Phi) is 5.16. The SMILES string of the molecule is O=C(Nc1cccc(F)c1)C1CCCN(Cc2cccc3ccccc23)C1. The number of rotatable bonds is 4. The highest BCUT2D eigenvalue weighted by atomic mass is 19.1. The van der Waals surface area contributed by atoms with Gasteiger partial charge in [0.25, 0.3) is 0 Å². The van der Waals surface area contributed by atoms with Crippen LogP contribution in [0.15, 0.2) is 66.7 Å². The minimum atomic E-state index is -0.339. The Labute approximate surface area is 158 Å². The van der Waals surface area contributed by atoms with Crippen molar-refractivity contribution in [2.75, 3.05) is 18.4 Å². The Morgan fingerprint density at radius 1 is 1.07 bits per heavy atom. The summed E-state index contributed by atoms with van der Waals surface area (Å²) >= 11 is 0. The molecule has 1 unspecified atom stereocenters. The number of piperidine rings is 1. The monoisotopic (exact) mass is 362 g/mol. The molecule has 1 aliphatic heterocycles. The number of halogens is 1. The molecule has 0 aliphatic carbocycles. The Morgan fingerprint density at radius 3 is 2.78 bits per heavy atom. The first-order valence-corrected chi connectivity index (χ1v) is 9.44. The standard InChI is InChI=1S/C23H23FN2O/c24-20-10-4-11-21(14-20)25-23(27)19-9-5-13-26(16-19)15-18-8-3-7-17-6-1-2-12-22(17)18/h1-4,6-8,10-12,14,19H,5,9,13,15-16H2,(H,25,27). The molecule has 3 aromatic rings. The van der Waals surface area contributed by atoms with Crippen molar-refractivity contribution in [3.05, 3.63) is 78.1 Å². The van der Waals surface area contributed by atoms with E-state index in [-0.39, 0.29) is 17.6 Å². The lowest BCUT2D eigenvalue weighted by molar-refractivity contribution is -0.121. The summed E-state index contributed by atoms with van der Waals surface area (Å²) in [5.74, 6) is -0.436. The van der Waals surface area contributed by atoms with Crippen molar-refractivity contribution in [2.45, 2.75) is 19.4 Å². The van der Waals surface area contributed by atoms with Gasteiger partial charge in [-0.15, -0.1) is 0 Å². The summed E-state index contributed by atoms with van der Waals surface area (Å²) in [5, 5.41) is 5.37. The Bertz CT molecular complexity index is 951. The summed E-state index contributed by atoms with van der Waals surface area (Å²) in [5.41, 5.74) is 1.81. The highest BCUT2D eigenvalue weighted by Gasteiger charge is 2.26. The predicted octanol–water partition coefficient (Wildman–Crippen LogP) is 4.83. The molecule has 1 amide bonds. The van der Waals surface area contributed by atoms with Crippen molar-refractivity contribution in [2.24, 2.45) is 5.92 Å². The zero-order valence-corrected chi connectivity index (χ0v) is 15.2. The van der Waals surface area contributed by atoms with Gasteiger partial charge in [0.05, 0.1) is 5.92 Å². The molecule has 1 heterocycles. The van der Waals surface area contributed by atoms with Crippen LogP contribution in [0.5, 0.6) is 0 Å². The first kappa shape index (κ1) is 17.7. The fraction of sp³-hybridized carbons (Fsp3) is 0.261. The number of nitrogens with zero attached hydrogens (tertiary/aromatic N) is 1. The lowest BCUT2D eigenvalue weighted by Crippen LogP contribution is -2.40. The van der Waals surface area contributed by atoms with E-state index < -0.39 is 0 Å². The van der Waals surface area contributed by atoms with Crippen molar-refractivity contribution in [3.63, 3.8) is 0 Å². The molecule has 27 heavy (non-hydrogen) atoms. The van der Waals surface area contributed by atoms with Gasteiger partial charge in [-0.25, -0.2) is 4.39 Å². The van der Waals surface area contributed by atoms with E-state index in [1.165, 1.54) is 28.5 Å². The maximum atomic E-state index is 13.3. The van der Waals surface area contributed by atoms with Gasteiger partial charge in [0.2, 0.25) is 5.91 Å². The van der Waals surface area contributed by atoms with Crippen LogP contribution in [-0.2, 0) is 11.3 Å². The number of hydrogen-bond acceptors (Lipinski definition) is 2. The number of carbonyl (C=O) groups excluding carboxylic acids is 1. The van der Waals surface area contributed by atoms with E-state index in [2.05, 4.69) is 52.7 Å². The largest absolute Gasteiger partial charge is 0.326 e. The fourth-order valence-electron chi connectivity index (χ4n) is 3.89. The van der Waals surface area contributed by atoms with Gasteiger partial charge >= 0.3 is 0 Å². The molecule has 4 rings (SSSR count). The van der Waals surface area contributed by atoms with Crippen molar-refractivity contribution >= 4 is 22.4 Å². The minimum absolute atomic E-state index is 0.0248. The van der Waals surface area contributed by atoms with Gasteiger partial charge in [-0.1, -0.05) is 48.5 Å². The second-order valence-electron chi connectivity index (χ2n) is 7.21. The fourth-order valence-corrected chi connectivity index (χ4v) is 3.89. The second kappa shape index (κ2) is 7.89. The summed E-state index contributed by atoms with van der Waals surface area (Å²) in [6, 6.07) is 20.9. The predicted molar refractivity (Wildman–Crippen MR) is 107 cm³/mol. The lowest BCUT2D eigenvalue weighted by Gasteiger charge is -2.32. The van der Waals surface area contributed by atoms with Crippen LogP contribution in [0.1, 0.15) is 18.4 Å². The highest BCUT2D eigenvalue weighted by molar-refractivity contribution is 5.92. The average molecular weight is 362 g/mol. The van der Waals surface area contributed by atoms with Gasteiger partial charge in [0, 0.05) is 18.8 Å². The van der Waals surface area contributed by atoms with Crippen molar-refractivity contribution in [1.29, 1.82) is 0 Å². The minimum Gasteiger partial charge on any atom is -0.326 e. The van der Waals surface area contributed by atoms with E-state index in [0.717, 1.165) is 32.5 Å². The Hall–Kier alpha value is -2.72. The Balaban J connectivity index is 1.44. The number of nitrogens with one attached hydrogen (secondary N) is 1. The molecule has 0 bridgehead atoms. The number of carbonyl (C=O) groups is 1. The molecule has 1 fully saturated rings. The molecule has 0 aromatic heterocycles. The summed E-state index contributed by atoms with van der Waals surface area (Å²) in [6.45, 7) is 2.56. The smallest absolute Gasteiger partial charge is 0.228 e. The summed E-state index contributed by atoms with van der Waals surface area (Å²) in [4.78, 5) is 15.0. The molecule has 4 heteroatoms. The van der Waals surface area contributed by atoms with Crippen LogP contribution in [0, 0.1) is 11.7 Å². The molecule has 1 aliphatic rings. The van der Waals surface area contributed by atoms with Crippen LogP contribution in [0.4, 0.5) is 10.1 Å². The van der Waals surface area contributed by atoms with Gasteiger partial charge in [0.1, 0.15) is 5.82 Å². The van der Waals surface area contributed by atoms with E-state index in [0.29, 0.717) is 5.69 Å². The van der Waals surface area contributed by atoms with E-state index in [9.17, 15) is 9.18 Å². The van der Waals surface area contributed by atoms with E-state index >= 15 is 0 Å². The van der Waals surface area contributed by atoms with E-state index in [1.807, 2.05) is 0 Å². The highest BCUT2D eigenvalue weighted by Crippen LogP contribution is 2.24. The third-order valence-corrected chi connectivity index (χ3v) is 5.24. The number of amides is 1. The normalized spacial score (nSPS) is 17.7. The molecular weight excluding hydrogens is 339 g/mol. The molecule has 1 atom stereocenters. The van der Waals surface area contributed by atoms with Gasteiger partial charge in [-0.05, 0) is 53.9 Å². The average Bonchev–Trinajstić information content (AvgIpc) is 2.68. The topological polar surface area (TPSA) is 32.3 Å². The summed E-state index contributed by atoms with van der Waals surface area (Å²) in [7, 11) is 0. The van der Waals surface area contributed by atoms with Crippen LogP contribution in [0.25, 0.3) is 10.8 Å². The summed E-state index contributed by atoms with van der Waals surface area (Å²) < 4.78 is 13.3.